The molecule has 0 bridgehead atoms. The molecule has 9 heteroatoms. The second kappa shape index (κ2) is 8.98. The summed E-state index contributed by atoms with van der Waals surface area (Å²) in [5.41, 5.74) is 1.74. The maximum atomic E-state index is 12.9. The highest BCUT2D eigenvalue weighted by atomic mass is 16.5. The Balaban J connectivity index is 1.24. The number of benzene rings is 2. The summed E-state index contributed by atoms with van der Waals surface area (Å²) >= 11 is 0. The van der Waals surface area contributed by atoms with E-state index in [1.165, 1.54) is 4.90 Å². The first-order chi connectivity index (χ1) is 16.8. The Bertz CT molecular complexity index is 1110. The number of carbonyl (C=O) groups is 3. The summed E-state index contributed by atoms with van der Waals surface area (Å²) in [6, 6.07) is 16.2. The van der Waals surface area contributed by atoms with Crippen molar-refractivity contribution in [3.63, 3.8) is 0 Å². The van der Waals surface area contributed by atoms with Crippen LogP contribution in [0, 0.1) is 0 Å². The van der Waals surface area contributed by atoms with Gasteiger partial charge in [0.25, 0.3) is 0 Å². The molecule has 2 aromatic rings. The van der Waals surface area contributed by atoms with Gasteiger partial charge in [-0.25, -0.2) is 9.59 Å². The fourth-order valence-electron chi connectivity index (χ4n) is 5.26. The third-order valence-electron chi connectivity index (χ3n) is 7.31. The van der Waals surface area contributed by atoms with E-state index in [-0.39, 0.29) is 37.9 Å². The van der Waals surface area contributed by atoms with Crippen LogP contribution in [0.15, 0.2) is 48.5 Å². The van der Waals surface area contributed by atoms with Crippen LogP contribution in [0.1, 0.15) is 36.3 Å². The van der Waals surface area contributed by atoms with Crippen LogP contribution in [0.5, 0.6) is 0 Å². The first-order valence-corrected chi connectivity index (χ1v) is 11.7. The molecular weight excluding hydrogens is 452 g/mol. The molecule has 3 N–H and O–H groups in total. The van der Waals surface area contributed by atoms with Crippen molar-refractivity contribution in [2.24, 2.45) is 0 Å². The first-order valence-electron chi connectivity index (χ1n) is 11.7. The van der Waals surface area contributed by atoms with Gasteiger partial charge in [-0.15, -0.1) is 0 Å². The number of carbonyl (C=O) groups excluding carboxylic acids is 2. The Morgan fingerprint density at radius 3 is 2.14 bits per heavy atom. The molecule has 9 nitrogen and oxygen atoms in total. The molecule has 0 unspecified atom stereocenters. The Morgan fingerprint density at radius 2 is 1.57 bits per heavy atom. The number of carboxylic acid groups (broad SMARTS) is 1. The van der Waals surface area contributed by atoms with Gasteiger partial charge in [-0.05, 0) is 35.1 Å². The molecule has 2 saturated heterocycles. The lowest BCUT2D eigenvalue weighted by molar-refractivity contribution is -0.182. The molecule has 0 spiro atoms. The van der Waals surface area contributed by atoms with Crippen LogP contribution < -0.4 is 5.32 Å². The molecule has 2 aliphatic heterocycles. The van der Waals surface area contributed by atoms with E-state index < -0.39 is 23.2 Å². The molecule has 2 heterocycles. The number of nitrogens with zero attached hydrogens (tertiary/aromatic N) is 1. The van der Waals surface area contributed by atoms with E-state index in [0.717, 1.165) is 22.3 Å². The smallest absolute Gasteiger partial charge is 0.407 e. The zero-order valence-corrected chi connectivity index (χ0v) is 19.2. The topological polar surface area (TPSA) is 125 Å². The summed E-state index contributed by atoms with van der Waals surface area (Å²) < 4.78 is 11.1. The summed E-state index contributed by atoms with van der Waals surface area (Å²) in [5.74, 6) is -1.74. The number of amides is 2. The Morgan fingerprint density at radius 1 is 1.00 bits per heavy atom. The highest BCUT2D eigenvalue weighted by Crippen LogP contribution is 2.44. The lowest BCUT2D eigenvalue weighted by atomic mass is 9.84. The van der Waals surface area contributed by atoms with E-state index >= 15 is 0 Å². The van der Waals surface area contributed by atoms with E-state index in [9.17, 15) is 19.5 Å². The number of aliphatic carboxylic acids is 1. The Kier molecular flexibility index (Phi) is 5.98. The molecule has 1 aliphatic carbocycles. The number of nitrogens with one attached hydrogen (secondary N) is 1. The highest BCUT2D eigenvalue weighted by molar-refractivity contribution is 5.86. The first kappa shape index (κ1) is 23.3. The third kappa shape index (κ3) is 4.37. The average Bonchev–Trinajstić information content (AvgIpc) is 3.14. The van der Waals surface area contributed by atoms with Gasteiger partial charge >= 0.3 is 12.1 Å². The molecule has 0 radical (unpaired) electrons. The number of β-amino-alcohol motifs (C(OH)–C–C–N with tert-alkyl or cyclic N) is 1. The predicted molar refractivity (Wildman–Crippen MR) is 125 cm³/mol. The number of fused-ring (bicyclic) bond motifs is 3. The Labute approximate surface area is 202 Å². The summed E-state index contributed by atoms with van der Waals surface area (Å²) in [5, 5.41) is 21.9. The van der Waals surface area contributed by atoms with Gasteiger partial charge in [0.05, 0.1) is 25.0 Å². The van der Waals surface area contributed by atoms with Crippen molar-refractivity contribution in [1.29, 1.82) is 0 Å². The van der Waals surface area contributed by atoms with Crippen molar-refractivity contribution < 1.29 is 34.1 Å². The second-order valence-corrected chi connectivity index (χ2v) is 9.61. The largest absolute Gasteiger partial charge is 0.479 e. The summed E-state index contributed by atoms with van der Waals surface area (Å²) in [4.78, 5) is 38.2. The normalized spacial score (nSPS) is 19.7. The minimum Gasteiger partial charge on any atom is -0.479 e. The zero-order chi connectivity index (χ0) is 24.6. The van der Waals surface area contributed by atoms with Crippen LogP contribution in [-0.2, 0) is 19.1 Å². The Hall–Kier alpha value is -3.43. The SMILES string of the molecule is O=C(NC1(CC(=O)N2CC(O)(C(=O)O)C2)CCOCC1)OCC1c2ccccc2-c2ccccc21. The van der Waals surface area contributed by atoms with Gasteiger partial charge in [-0.3, -0.25) is 4.79 Å². The molecule has 35 heavy (non-hydrogen) atoms. The lowest BCUT2D eigenvalue weighted by Crippen LogP contribution is -2.68. The fourth-order valence-corrected chi connectivity index (χ4v) is 5.26. The molecule has 3 aliphatic rings. The zero-order valence-electron chi connectivity index (χ0n) is 19.2. The van der Waals surface area contributed by atoms with Gasteiger partial charge in [0.15, 0.2) is 5.60 Å². The van der Waals surface area contributed by atoms with E-state index in [0.29, 0.717) is 26.1 Å². The molecule has 0 atom stereocenters. The quantitative estimate of drug-likeness (QED) is 0.578. The van der Waals surface area contributed by atoms with E-state index in [1.807, 2.05) is 36.4 Å². The van der Waals surface area contributed by atoms with E-state index in [2.05, 4.69) is 17.4 Å². The van der Waals surface area contributed by atoms with Crippen LogP contribution in [0.4, 0.5) is 4.79 Å². The van der Waals surface area contributed by atoms with Gasteiger partial charge in [-0.2, -0.15) is 0 Å². The highest BCUT2D eigenvalue weighted by Gasteiger charge is 2.51. The molecule has 5 rings (SSSR count). The number of hydrogen-bond acceptors (Lipinski definition) is 6. The van der Waals surface area contributed by atoms with Crippen LogP contribution in [-0.4, -0.2) is 77.1 Å². The van der Waals surface area contributed by atoms with Crippen LogP contribution in [0.2, 0.25) is 0 Å². The number of alkyl carbamates (subject to hydrolysis) is 1. The monoisotopic (exact) mass is 480 g/mol. The van der Waals surface area contributed by atoms with Crippen molar-refractivity contribution >= 4 is 18.0 Å². The molecule has 2 aromatic carbocycles. The van der Waals surface area contributed by atoms with Crippen molar-refractivity contribution in [1.82, 2.24) is 10.2 Å². The number of hydrogen-bond donors (Lipinski definition) is 3. The van der Waals surface area contributed by atoms with Crippen molar-refractivity contribution in [3.05, 3.63) is 59.7 Å². The minimum absolute atomic E-state index is 0.0176. The number of carboxylic acids is 1. The van der Waals surface area contributed by atoms with Crippen molar-refractivity contribution in [2.75, 3.05) is 32.9 Å². The van der Waals surface area contributed by atoms with Crippen LogP contribution in [0.25, 0.3) is 11.1 Å². The number of rotatable bonds is 6. The summed E-state index contributed by atoms with van der Waals surface area (Å²) in [6.07, 6.45) is 0.239. The van der Waals surface area contributed by atoms with Crippen molar-refractivity contribution in [2.45, 2.75) is 36.3 Å². The molecule has 2 fully saturated rings. The molecule has 184 valence electrons. The van der Waals surface area contributed by atoms with Crippen LogP contribution >= 0.6 is 0 Å². The maximum absolute atomic E-state index is 12.9. The molecule has 0 aromatic heterocycles. The summed E-state index contributed by atoms with van der Waals surface area (Å²) in [7, 11) is 0. The van der Waals surface area contributed by atoms with Gasteiger partial charge in [0, 0.05) is 19.1 Å². The molecular formula is C26H28N2O7. The van der Waals surface area contributed by atoms with E-state index in [4.69, 9.17) is 14.6 Å². The van der Waals surface area contributed by atoms with Gasteiger partial charge in [-0.1, -0.05) is 48.5 Å². The predicted octanol–water partition coefficient (Wildman–Crippen LogP) is 2.12. The number of ether oxygens (including phenoxy) is 2. The van der Waals surface area contributed by atoms with Crippen LogP contribution in [0.3, 0.4) is 0 Å². The maximum Gasteiger partial charge on any atom is 0.407 e. The van der Waals surface area contributed by atoms with E-state index in [1.54, 1.807) is 0 Å². The minimum atomic E-state index is -1.90. The number of aliphatic hydroxyl groups is 1. The summed E-state index contributed by atoms with van der Waals surface area (Å²) in [6.45, 7) is 0.404. The third-order valence-corrected chi connectivity index (χ3v) is 7.31. The fraction of sp³-hybridized carbons (Fsp3) is 0.423. The van der Waals surface area contributed by atoms with Crippen molar-refractivity contribution in [3.8, 4) is 11.1 Å². The van der Waals surface area contributed by atoms with Gasteiger partial charge < -0.3 is 29.9 Å². The standard InChI is InChI=1S/C26H28N2O7/c29-22(28-15-26(33,16-28)23(30)31)13-25(9-11-34-12-10-25)27-24(32)35-14-21-19-7-3-1-5-17(19)18-6-2-4-8-20(18)21/h1-8,21,33H,9-16H2,(H,27,32)(H,30,31). The van der Waals surface area contributed by atoms with Gasteiger partial charge in [0.1, 0.15) is 6.61 Å². The number of likely N-dealkylation sites (tertiary alicyclic amines) is 1. The molecule has 0 saturated carbocycles. The second-order valence-electron chi connectivity index (χ2n) is 9.61. The van der Waals surface area contributed by atoms with Gasteiger partial charge in [0.2, 0.25) is 5.91 Å². The average molecular weight is 481 g/mol. The lowest BCUT2D eigenvalue weighted by Gasteiger charge is -2.45. The molecule has 2 amide bonds.